The maximum atomic E-state index is 12.2. The van der Waals surface area contributed by atoms with Crippen molar-refractivity contribution in [3.05, 3.63) is 24.4 Å². The van der Waals surface area contributed by atoms with Gasteiger partial charge in [-0.25, -0.2) is 18.2 Å². The number of urea groups is 1. The average Bonchev–Trinajstić information content (AvgIpc) is 2.69. The van der Waals surface area contributed by atoms with Crippen LogP contribution < -0.4 is 25.8 Å². The summed E-state index contributed by atoms with van der Waals surface area (Å²) < 4.78 is 24.2. The fraction of sp³-hybridized carbons (Fsp3) is 0.368. The van der Waals surface area contributed by atoms with Gasteiger partial charge >= 0.3 is 6.03 Å². The second kappa shape index (κ2) is 8.38. The van der Waals surface area contributed by atoms with Crippen molar-refractivity contribution in [3.8, 4) is 0 Å². The standard InChI is InChI=1S/C19H25N7O4S/c1-11(2)26-10-16(27)25(4)15-9-21-18(24-17(15)26)22-12-6-13(23-19(28)20-3)8-14(7-12)31(5,29)30/h6-9,11H,10H2,1-5H3,(H2,20,23,28)(H,21,22,24). The number of sulfone groups is 1. The van der Waals surface area contributed by atoms with Crippen LogP contribution in [0.5, 0.6) is 0 Å². The molecule has 0 saturated heterocycles. The van der Waals surface area contributed by atoms with Crippen LogP contribution in [0.1, 0.15) is 13.8 Å². The summed E-state index contributed by atoms with van der Waals surface area (Å²) in [5.74, 6) is 0.762. The summed E-state index contributed by atoms with van der Waals surface area (Å²) in [7, 11) is -0.411. The fourth-order valence-corrected chi connectivity index (χ4v) is 3.73. The molecular weight excluding hydrogens is 422 g/mol. The Bertz CT molecular complexity index is 1130. The molecule has 3 N–H and O–H groups in total. The SMILES string of the molecule is CNC(=O)Nc1cc(Nc2ncc3c(n2)N(C(C)C)CC(=O)N3C)cc(S(C)(=O)=O)c1. The van der Waals surface area contributed by atoms with E-state index in [0.29, 0.717) is 17.2 Å². The molecule has 0 unspecified atom stereocenters. The van der Waals surface area contributed by atoms with E-state index < -0.39 is 15.9 Å². The first-order chi connectivity index (χ1) is 14.5. The lowest BCUT2D eigenvalue weighted by Gasteiger charge is -2.36. The molecular formula is C19H25N7O4S. The molecule has 0 aliphatic carbocycles. The minimum absolute atomic E-state index is 0.0241. The smallest absolute Gasteiger partial charge is 0.318 e. The highest BCUT2D eigenvalue weighted by molar-refractivity contribution is 7.90. The quantitative estimate of drug-likeness (QED) is 0.628. The summed E-state index contributed by atoms with van der Waals surface area (Å²) in [5.41, 5.74) is 1.25. The minimum Gasteiger partial charge on any atom is -0.343 e. The molecule has 11 nitrogen and oxygen atoms in total. The number of carbonyl (C=O) groups is 2. The monoisotopic (exact) mass is 447 g/mol. The summed E-state index contributed by atoms with van der Waals surface area (Å²) in [6.07, 6.45) is 2.62. The normalized spacial score (nSPS) is 13.8. The molecule has 3 rings (SSSR count). The lowest BCUT2D eigenvalue weighted by Crippen LogP contribution is -2.47. The van der Waals surface area contributed by atoms with Gasteiger partial charge in [0, 0.05) is 37.8 Å². The molecule has 1 aliphatic heterocycles. The van der Waals surface area contributed by atoms with Gasteiger partial charge in [-0.15, -0.1) is 0 Å². The molecule has 0 saturated carbocycles. The van der Waals surface area contributed by atoms with Crippen molar-refractivity contribution in [2.24, 2.45) is 0 Å². The Morgan fingerprint density at radius 1 is 1.19 bits per heavy atom. The molecule has 0 fully saturated rings. The minimum atomic E-state index is -3.54. The molecule has 0 spiro atoms. The number of fused-ring (bicyclic) bond motifs is 1. The molecule has 0 atom stereocenters. The molecule has 166 valence electrons. The van der Waals surface area contributed by atoms with E-state index in [0.717, 1.165) is 6.26 Å². The second-order valence-electron chi connectivity index (χ2n) is 7.42. The van der Waals surface area contributed by atoms with Crippen LogP contribution in [-0.4, -0.2) is 63.3 Å². The molecule has 12 heteroatoms. The van der Waals surface area contributed by atoms with Crippen LogP contribution in [0, 0.1) is 0 Å². The van der Waals surface area contributed by atoms with Crippen molar-refractivity contribution < 1.29 is 18.0 Å². The van der Waals surface area contributed by atoms with Crippen molar-refractivity contribution in [1.29, 1.82) is 0 Å². The van der Waals surface area contributed by atoms with Crippen LogP contribution in [-0.2, 0) is 14.6 Å². The Kier molecular flexibility index (Phi) is 6.02. The number of likely N-dealkylation sites (N-methyl/N-ethyl adjacent to an activating group) is 1. The number of amides is 3. The van der Waals surface area contributed by atoms with E-state index in [2.05, 4.69) is 25.9 Å². The number of carbonyl (C=O) groups excluding carboxylic acids is 2. The lowest BCUT2D eigenvalue weighted by atomic mass is 10.2. The van der Waals surface area contributed by atoms with E-state index in [1.165, 1.54) is 24.1 Å². The first-order valence-corrected chi connectivity index (χ1v) is 11.4. The van der Waals surface area contributed by atoms with Gasteiger partial charge in [-0.3, -0.25) is 4.79 Å². The van der Waals surface area contributed by atoms with Crippen LogP contribution in [0.2, 0.25) is 0 Å². The third-order valence-corrected chi connectivity index (χ3v) is 5.85. The summed E-state index contributed by atoms with van der Waals surface area (Å²) in [6.45, 7) is 4.12. The van der Waals surface area contributed by atoms with Gasteiger partial charge in [-0.2, -0.15) is 4.98 Å². The van der Waals surface area contributed by atoms with Gasteiger partial charge in [0.2, 0.25) is 11.9 Å². The maximum Gasteiger partial charge on any atom is 0.318 e. The Labute approximate surface area is 180 Å². The van der Waals surface area contributed by atoms with Gasteiger partial charge in [0.1, 0.15) is 5.69 Å². The van der Waals surface area contributed by atoms with E-state index in [9.17, 15) is 18.0 Å². The second-order valence-corrected chi connectivity index (χ2v) is 9.44. The summed E-state index contributed by atoms with van der Waals surface area (Å²) >= 11 is 0. The van der Waals surface area contributed by atoms with E-state index >= 15 is 0 Å². The highest BCUT2D eigenvalue weighted by Gasteiger charge is 2.30. The molecule has 3 amide bonds. The number of hydrogen-bond donors (Lipinski definition) is 3. The molecule has 0 bridgehead atoms. The third-order valence-electron chi connectivity index (χ3n) is 4.76. The average molecular weight is 448 g/mol. The molecule has 0 radical (unpaired) electrons. The molecule has 2 heterocycles. The largest absolute Gasteiger partial charge is 0.343 e. The van der Waals surface area contributed by atoms with E-state index in [-0.39, 0.29) is 35.0 Å². The Hall–Kier alpha value is -3.41. The number of nitrogens with one attached hydrogen (secondary N) is 3. The van der Waals surface area contributed by atoms with Crippen molar-refractivity contribution >= 4 is 50.6 Å². The zero-order chi connectivity index (χ0) is 22.9. The van der Waals surface area contributed by atoms with Gasteiger partial charge in [0.05, 0.1) is 17.6 Å². The maximum absolute atomic E-state index is 12.2. The van der Waals surface area contributed by atoms with Crippen LogP contribution >= 0.6 is 0 Å². The Morgan fingerprint density at radius 3 is 2.48 bits per heavy atom. The molecule has 1 aliphatic rings. The summed E-state index contributed by atoms with van der Waals surface area (Å²) in [6, 6.07) is 3.92. The van der Waals surface area contributed by atoms with E-state index in [1.807, 2.05) is 18.7 Å². The molecule has 2 aromatic rings. The van der Waals surface area contributed by atoms with Crippen LogP contribution in [0.15, 0.2) is 29.3 Å². The predicted octanol–water partition coefficient (Wildman–Crippen LogP) is 1.57. The van der Waals surface area contributed by atoms with Gasteiger partial charge in [-0.1, -0.05) is 0 Å². The number of anilines is 5. The molecule has 31 heavy (non-hydrogen) atoms. The van der Waals surface area contributed by atoms with E-state index in [1.54, 1.807) is 19.3 Å². The lowest BCUT2D eigenvalue weighted by molar-refractivity contribution is -0.117. The number of nitrogens with zero attached hydrogens (tertiary/aromatic N) is 4. The number of rotatable bonds is 5. The van der Waals surface area contributed by atoms with Crippen LogP contribution in [0.3, 0.4) is 0 Å². The van der Waals surface area contributed by atoms with Crippen molar-refractivity contribution in [2.75, 3.05) is 47.3 Å². The Morgan fingerprint density at radius 2 is 1.87 bits per heavy atom. The highest BCUT2D eigenvalue weighted by atomic mass is 32.2. The van der Waals surface area contributed by atoms with Crippen molar-refractivity contribution in [2.45, 2.75) is 24.8 Å². The summed E-state index contributed by atoms with van der Waals surface area (Å²) in [4.78, 5) is 36.2. The predicted molar refractivity (Wildman–Crippen MR) is 119 cm³/mol. The molecule has 1 aromatic carbocycles. The highest BCUT2D eigenvalue weighted by Crippen LogP contribution is 2.33. The van der Waals surface area contributed by atoms with Crippen LogP contribution in [0.25, 0.3) is 0 Å². The first kappa shape index (κ1) is 22.3. The Balaban J connectivity index is 2.00. The van der Waals surface area contributed by atoms with Crippen molar-refractivity contribution in [1.82, 2.24) is 15.3 Å². The van der Waals surface area contributed by atoms with Gasteiger partial charge in [-0.05, 0) is 32.0 Å². The van der Waals surface area contributed by atoms with Gasteiger partial charge < -0.3 is 25.8 Å². The third kappa shape index (κ3) is 4.85. The number of hydrogen-bond acceptors (Lipinski definition) is 8. The first-order valence-electron chi connectivity index (χ1n) is 9.50. The number of aromatic nitrogens is 2. The number of benzene rings is 1. The topological polar surface area (TPSA) is 137 Å². The summed E-state index contributed by atoms with van der Waals surface area (Å²) in [5, 5.41) is 7.98. The zero-order valence-electron chi connectivity index (χ0n) is 17.9. The van der Waals surface area contributed by atoms with Gasteiger partial charge in [0.15, 0.2) is 15.7 Å². The fourth-order valence-electron chi connectivity index (χ4n) is 3.04. The van der Waals surface area contributed by atoms with Crippen molar-refractivity contribution in [3.63, 3.8) is 0 Å². The molecule has 1 aromatic heterocycles. The zero-order valence-corrected chi connectivity index (χ0v) is 18.7. The van der Waals surface area contributed by atoms with Gasteiger partial charge in [0.25, 0.3) is 0 Å². The van der Waals surface area contributed by atoms with E-state index in [4.69, 9.17) is 0 Å². The van der Waals surface area contributed by atoms with Crippen LogP contribution in [0.4, 0.5) is 33.6 Å².